The van der Waals surface area contributed by atoms with Gasteiger partial charge in [-0.2, -0.15) is 5.10 Å². The Morgan fingerprint density at radius 2 is 2.00 bits per heavy atom. The Morgan fingerprint density at radius 1 is 1.33 bits per heavy atom. The first-order valence-corrected chi connectivity index (χ1v) is 6.92. The van der Waals surface area contributed by atoms with Crippen molar-refractivity contribution < 1.29 is 14.3 Å². The van der Waals surface area contributed by atoms with Gasteiger partial charge in [-0.25, -0.2) is 4.79 Å². The van der Waals surface area contributed by atoms with Gasteiger partial charge >= 0.3 is 5.97 Å². The molecule has 5 nitrogen and oxygen atoms in total. The van der Waals surface area contributed by atoms with Crippen LogP contribution in [0, 0.1) is 6.92 Å². The van der Waals surface area contributed by atoms with Gasteiger partial charge in [-0.15, -0.1) is 0 Å². The summed E-state index contributed by atoms with van der Waals surface area (Å²) < 4.78 is 4.48. The molecule has 0 atom stereocenters. The van der Waals surface area contributed by atoms with Crippen molar-refractivity contribution in [1.82, 2.24) is 5.43 Å². The lowest BCUT2D eigenvalue weighted by Gasteiger charge is -2.08. The van der Waals surface area contributed by atoms with Gasteiger partial charge < -0.3 is 10.2 Å². The van der Waals surface area contributed by atoms with Crippen molar-refractivity contribution in [3.63, 3.8) is 0 Å². The summed E-state index contributed by atoms with van der Waals surface area (Å²) in [6.45, 7) is 3.32. The Labute approximate surface area is 133 Å². The molecule has 0 saturated carbocycles. The van der Waals surface area contributed by atoms with Gasteiger partial charge in [0.05, 0.1) is 13.7 Å². The number of hydrogen-bond acceptors (Lipinski definition) is 5. The van der Waals surface area contributed by atoms with E-state index in [0.717, 1.165) is 11.1 Å². The van der Waals surface area contributed by atoms with E-state index in [0.29, 0.717) is 10.0 Å². The predicted molar refractivity (Wildman–Crippen MR) is 83.0 cm³/mol. The number of Topliss-reactive ketones (excluding diaryl/α,β-unsaturated/α-hetero) is 1. The highest BCUT2D eigenvalue weighted by molar-refractivity contribution is 6.35. The molecule has 1 aromatic carbocycles. The second-order valence-corrected chi connectivity index (χ2v) is 5.27. The van der Waals surface area contributed by atoms with Crippen molar-refractivity contribution in [3.8, 4) is 0 Å². The van der Waals surface area contributed by atoms with Crippen LogP contribution >= 0.6 is 23.2 Å². The molecule has 0 aliphatic rings. The second-order valence-electron chi connectivity index (χ2n) is 4.42. The van der Waals surface area contributed by atoms with Gasteiger partial charge in [0.1, 0.15) is 5.71 Å². The minimum absolute atomic E-state index is 0.00721. The van der Waals surface area contributed by atoms with Crippen molar-refractivity contribution in [2.24, 2.45) is 5.10 Å². The average molecular weight is 331 g/mol. The summed E-state index contributed by atoms with van der Waals surface area (Å²) in [5.41, 5.74) is 4.28. The smallest absolute Gasteiger partial charge is 0.353 e. The van der Waals surface area contributed by atoms with E-state index < -0.39 is 5.97 Å². The Kier molecular flexibility index (Phi) is 6.65. The molecule has 0 aliphatic carbocycles. The maximum absolute atomic E-state index is 11.9. The van der Waals surface area contributed by atoms with Gasteiger partial charge in [0.2, 0.25) is 0 Å². The highest BCUT2D eigenvalue weighted by atomic mass is 35.5. The molecule has 0 unspecified atom stereocenters. The normalized spacial score (nSPS) is 11.2. The van der Waals surface area contributed by atoms with E-state index in [1.165, 1.54) is 14.0 Å². The van der Waals surface area contributed by atoms with Crippen LogP contribution in [-0.4, -0.2) is 31.1 Å². The van der Waals surface area contributed by atoms with Crippen LogP contribution in [0.3, 0.4) is 0 Å². The summed E-state index contributed by atoms with van der Waals surface area (Å²) in [6, 6.07) is 3.36. The number of nitrogens with one attached hydrogen (secondary N) is 1. The van der Waals surface area contributed by atoms with E-state index in [9.17, 15) is 9.59 Å². The first kappa shape index (κ1) is 17.5. The minimum atomic E-state index is -0.550. The summed E-state index contributed by atoms with van der Waals surface area (Å²) in [6.07, 6.45) is 0.168. The second kappa shape index (κ2) is 8.00. The predicted octanol–water partition coefficient (Wildman–Crippen LogP) is 2.55. The number of methoxy groups -OCH3 is 1. The molecule has 0 aromatic heterocycles. The average Bonchev–Trinajstić information content (AvgIpc) is 2.41. The molecule has 0 spiro atoms. The number of hydrazone groups is 1. The number of benzene rings is 1. The zero-order valence-corrected chi connectivity index (χ0v) is 13.5. The van der Waals surface area contributed by atoms with Gasteiger partial charge in [-0.05, 0) is 37.1 Å². The van der Waals surface area contributed by atoms with E-state index in [2.05, 4.69) is 15.3 Å². The molecule has 0 amide bonds. The molecule has 1 rings (SSSR count). The van der Waals surface area contributed by atoms with Crippen molar-refractivity contribution >= 4 is 40.7 Å². The molecule has 0 radical (unpaired) electrons. The Bertz CT molecular complexity index is 563. The topological polar surface area (TPSA) is 67.8 Å². The van der Waals surface area contributed by atoms with Crippen molar-refractivity contribution in [1.29, 1.82) is 0 Å². The number of carbonyl (C=O) groups excluding carboxylic acids is 2. The van der Waals surface area contributed by atoms with E-state index in [1.54, 1.807) is 12.1 Å². The van der Waals surface area contributed by atoms with Crippen LogP contribution < -0.4 is 5.43 Å². The van der Waals surface area contributed by atoms with Gasteiger partial charge in [-0.3, -0.25) is 4.79 Å². The van der Waals surface area contributed by atoms with Crippen molar-refractivity contribution in [2.45, 2.75) is 20.3 Å². The quantitative estimate of drug-likeness (QED) is 0.494. The van der Waals surface area contributed by atoms with Crippen LogP contribution in [0.15, 0.2) is 17.2 Å². The number of ketones is 1. The summed E-state index contributed by atoms with van der Waals surface area (Å²) in [5, 5.41) is 4.75. The van der Waals surface area contributed by atoms with Gasteiger partial charge in [0.25, 0.3) is 0 Å². The fourth-order valence-corrected chi connectivity index (χ4v) is 2.32. The zero-order chi connectivity index (χ0) is 16.0. The van der Waals surface area contributed by atoms with E-state index >= 15 is 0 Å². The molecule has 0 aliphatic heterocycles. The zero-order valence-electron chi connectivity index (χ0n) is 12.0. The molecule has 1 aromatic rings. The van der Waals surface area contributed by atoms with Crippen LogP contribution in [0.25, 0.3) is 0 Å². The Balaban J connectivity index is 2.61. The third kappa shape index (κ3) is 5.36. The summed E-state index contributed by atoms with van der Waals surface area (Å²) in [4.78, 5) is 23.0. The number of hydrogen-bond donors (Lipinski definition) is 1. The molecule has 0 saturated heterocycles. The lowest BCUT2D eigenvalue weighted by atomic mass is 10.0. The monoisotopic (exact) mass is 330 g/mol. The highest BCUT2D eigenvalue weighted by Gasteiger charge is 2.11. The number of esters is 1. The van der Waals surface area contributed by atoms with Crippen molar-refractivity contribution in [2.75, 3.05) is 13.7 Å². The highest BCUT2D eigenvalue weighted by Crippen LogP contribution is 2.25. The third-order valence-electron chi connectivity index (χ3n) is 2.76. The molecule has 0 fully saturated rings. The first-order chi connectivity index (χ1) is 9.85. The van der Waals surface area contributed by atoms with E-state index in [4.69, 9.17) is 23.2 Å². The Hall–Kier alpha value is -1.59. The number of aryl methyl sites for hydroxylation is 1. The van der Waals surface area contributed by atoms with Crippen LogP contribution in [0.1, 0.15) is 18.1 Å². The van der Waals surface area contributed by atoms with Crippen LogP contribution in [0.2, 0.25) is 10.0 Å². The van der Waals surface area contributed by atoms with E-state index in [1.807, 2.05) is 6.92 Å². The van der Waals surface area contributed by atoms with Gasteiger partial charge in [0, 0.05) is 16.5 Å². The maximum Gasteiger partial charge on any atom is 0.353 e. The van der Waals surface area contributed by atoms with Crippen molar-refractivity contribution in [3.05, 3.63) is 33.3 Å². The Morgan fingerprint density at radius 3 is 2.57 bits per heavy atom. The largest absolute Gasteiger partial charge is 0.464 e. The molecular formula is C14H16Cl2N2O3. The maximum atomic E-state index is 11.9. The molecule has 1 N–H and O–H groups in total. The number of carbonyl (C=O) groups is 2. The summed E-state index contributed by atoms with van der Waals surface area (Å²) >= 11 is 12.0. The van der Waals surface area contributed by atoms with Crippen LogP contribution in [0.4, 0.5) is 0 Å². The van der Waals surface area contributed by atoms with Gasteiger partial charge in [0.15, 0.2) is 5.78 Å². The lowest BCUT2D eigenvalue weighted by Crippen LogP contribution is -2.23. The first-order valence-electron chi connectivity index (χ1n) is 6.16. The standard InChI is InChI=1S/C14H16Cl2N2O3/c1-8-4-10(15)5-13(16)12(8)6-11(19)7-17-18-9(2)14(20)21-3/h4-5,17H,6-7H2,1-3H3. The number of nitrogens with zero attached hydrogens (tertiary/aromatic N) is 1. The molecule has 0 heterocycles. The third-order valence-corrected chi connectivity index (χ3v) is 3.32. The lowest BCUT2D eigenvalue weighted by molar-refractivity contribution is -0.132. The summed E-state index contributed by atoms with van der Waals surface area (Å²) in [5.74, 6) is -0.657. The van der Waals surface area contributed by atoms with Crippen LogP contribution in [0.5, 0.6) is 0 Å². The number of ether oxygens (including phenoxy) is 1. The number of halogens is 2. The molecule has 0 bridgehead atoms. The fraction of sp³-hybridized carbons (Fsp3) is 0.357. The van der Waals surface area contributed by atoms with Gasteiger partial charge in [-0.1, -0.05) is 23.2 Å². The van der Waals surface area contributed by atoms with E-state index in [-0.39, 0.29) is 24.5 Å². The molecular weight excluding hydrogens is 315 g/mol. The molecule has 7 heteroatoms. The molecule has 114 valence electrons. The number of rotatable bonds is 6. The fourth-order valence-electron chi connectivity index (χ4n) is 1.66. The molecule has 21 heavy (non-hydrogen) atoms. The SMILES string of the molecule is COC(=O)C(C)=NNCC(=O)Cc1c(C)cc(Cl)cc1Cl. The summed E-state index contributed by atoms with van der Waals surface area (Å²) in [7, 11) is 1.26. The minimum Gasteiger partial charge on any atom is -0.464 e. The van der Waals surface area contributed by atoms with Crippen LogP contribution in [-0.2, 0) is 20.7 Å².